The molecule has 0 aliphatic heterocycles. The van der Waals surface area contributed by atoms with E-state index in [0.29, 0.717) is 16.3 Å². The molecular weight excluding hydrogens is 164 g/mol. The summed E-state index contributed by atoms with van der Waals surface area (Å²) in [4.78, 5) is 11.3. The molecule has 0 unspecified atom stereocenters. The van der Waals surface area contributed by atoms with Gasteiger partial charge >= 0.3 is 0 Å². The average Bonchev–Trinajstić information content (AvgIpc) is 2.32. The second-order valence-corrected chi connectivity index (χ2v) is 2.76. The Balaban J connectivity index is 3.04. The van der Waals surface area contributed by atoms with Crippen molar-refractivity contribution in [3.63, 3.8) is 0 Å². The van der Waals surface area contributed by atoms with E-state index < -0.39 is 5.91 Å². The normalized spacial score (nSPS) is 9.64. The first-order valence-electron chi connectivity index (χ1n) is 2.89. The van der Waals surface area contributed by atoms with Crippen LogP contribution in [0.3, 0.4) is 0 Å². The minimum absolute atomic E-state index is 0.366. The number of nitrogens with two attached hydrogens (primary N) is 2. The molecule has 0 aliphatic rings. The van der Waals surface area contributed by atoms with Crippen LogP contribution in [0, 0.1) is 6.92 Å². The summed E-state index contributed by atoms with van der Waals surface area (Å²) in [6.45, 7) is 1.74. The van der Waals surface area contributed by atoms with Crippen molar-refractivity contribution in [1.29, 1.82) is 0 Å². The van der Waals surface area contributed by atoms with Crippen LogP contribution in [-0.4, -0.2) is 10.3 Å². The third-order valence-corrected chi connectivity index (χ3v) is 2.20. The molecule has 0 saturated carbocycles. The molecule has 0 saturated heterocycles. The number of aromatic nitrogens is 1. The van der Waals surface area contributed by atoms with E-state index in [1.807, 2.05) is 5.43 Å². The van der Waals surface area contributed by atoms with Crippen molar-refractivity contribution in [1.82, 2.24) is 9.80 Å². The van der Waals surface area contributed by atoms with Crippen LogP contribution in [0.4, 0.5) is 5.69 Å². The fourth-order valence-electron chi connectivity index (χ4n) is 0.606. The molecule has 0 atom stereocenters. The van der Waals surface area contributed by atoms with Gasteiger partial charge in [-0.15, -0.1) is 0 Å². The maximum Gasteiger partial charge on any atom is 0.279 e. The lowest BCUT2D eigenvalue weighted by atomic mass is 10.3. The molecule has 0 bridgehead atoms. The number of hydrazine groups is 1. The van der Waals surface area contributed by atoms with Crippen LogP contribution in [0.2, 0.25) is 0 Å². The van der Waals surface area contributed by atoms with E-state index in [-0.39, 0.29) is 0 Å². The predicted molar refractivity (Wildman–Crippen MR) is 42.9 cm³/mol. The number of rotatable bonds is 1. The summed E-state index contributed by atoms with van der Waals surface area (Å²) >= 11 is 1.04. The highest BCUT2D eigenvalue weighted by Gasteiger charge is 2.13. The lowest BCUT2D eigenvalue weighted by Crippen LogP contribution is -2.29. The van der Waals surface area contributed by atoms with Crippen molar-refractivity contribution < 1.29 is 4.79 Å². The Morgan fingerprint density at radius 1 is 1.73 bits per heavy atom. The molecule has 5 N–H and O–H groups in total. The first kappa shape index (κ1) is 7.96. The molecule has 0 aromatic carbocycles. The summed E-state index contributed by atoms with van der Waals surface area (Å²) in [6.07, 6.45) is 0. The maximum atomic E-state index is 10.9. The minimum Gasteiger partial charge on any atom is -0.396 e. The van der Waals surface area contributed by atoms with Crippen molar-refractivity contribution >= 4 is 23.1 Å². The molecule has 60 valence electrons. The number of nitrogens with one attached hydrogen (secondary N) is 1. The van der Waals surface area contributed by atoms with E-state index in [9.17, 15) is 4.79 Å². The van der Waals surface area contributed by atoms with E-state index >= 15 is 0 Å². The molecule has 0 aliphatic carbocycles. The zero-order valence-corrected chi connectivity index (χ0v) is 6.73. The average molecular weight is 172 g/mol. The number of hydrogen-bond acceptors (Lipinski definition) is 5. The monoisotopic (exact) mass is 172 g/mol. The number of nitrogen functional groups attached to an aromatic ring is 2. The van der Waals surface area contributed by atoms with Crippen LogP contribution in [0.5, 0.6) is 0 Å². The molecule has 5 nitrogen and oxygen atoms in total. The Bertz CT molecular complexity index is 282. The molecule has 1 heterocycles. The maximum absolute atomic E-state index is 10.9. The van der Waals surface area contributed by atoms with Gasteiger partial charge in [-0.2, -0.15) is 4.37 Å². The van der Waals surface area contributed by atoms with Gasteiger partial charge in [0.2, 0.25) is 0 Å². The molecule has 0 radical (unpaired) electrons. The zero-order valence-electron chi connectivity index (χ0n) is 5.92. The summed E-state index contributed by atoms with van der Waals surface area (Å²) in [5.41, 5.74) is 8.56. The van der Waals surface area contributed by atoms with Gasteiger partial charge in [0.1, 0.15) is 4.88 Å². The number of anilines is 1. The Morgan fingerprint density at radius 2 is 2.36 bits per heavy atom. The summed E-state index contributed by atoms with van der Waals surface area (Å²) in [6, 6.07) is 0. The number of amides is 1. The zero-order chi connectivity index (χ0) is 8.43. The number of carbonyl (C=O) groups excluding carboxylic acids is 1. The lowest BCUT2D eigenvalue weighted by molar-refractivity contribution is 0.0958. The van der Waals surface area contributed by atoms with Gasteiger partial charge in [-0.1, -0.05) is 0 Å². The van der Waals surface area contributed by atoms with Gasteiger partial charge in [-0.3, -0.25) is 10.2 Å². The van der Waals surface area contributed by atoms with Gasteiger partial charge in [0.25, 0.3) is 5.91 Å². The van der Waals surface area contributed by atoms with E-state index in [4.69, 9.17) is 11.6 Å². The molecule has 6 heteroatoms. The van der Waals surface area contributed by atoms with E-state index in [1.165, 1.54) is 0 Å². The molecule has 1 aromatic rings. The highest BCUT2D eigenvalue weighted by atomic mass is 32.1. The summed E-state index contributed by atoms with van der Waals surface area (Å²) < 4.78 is 3.89. The Labute approximate surface area is 67.5 Å². The highest BCUT2D eigenvalue weighted by molar-refractivity contribution is 7.08. The van der Waals surface area contributed by atoms with Gasteiger partial charge in [0, 0.05) is 0 Å². The minimum atomic E-state index is -0.395. The van der Waals surface area contributed by atoms with Gasteiger partial charge in [-0.05, 0) is 18.5 Å². The van der Waals surface area contributed by atoms with Crippen LogP contribution in [0.15, 0.2) is 0 Å². The van der Waals surface area contributed by atoms with Crippen LogP contribution in [-0.2, 0) is 0 Å². The second kappa shape index (κ2) is 2.85. The third-order valence-electron chi connectivity index (χ3n) is 1.25. The molecular formula is C5H8N4OS. The lowest BCUT2D eigenvalue weighted by Gasteiger charge is -1.94. The topological polar surface area (TPSA) is 94.0 Å². The van der Waals surface area contributed by atoms with E-state index in [2.05, 4.69) is 4.37 Å². The van der Waals surface area contributed by atoms with Gasteiger partial charge in [0.15, 0.2) is 0 Å². The summed E-state index contributed by atoms with van der Waals surface area (Å²) in [7, 11) is 0. The fraction of sp³-hybridized carbons (Fsp3) is 0.200. The number of hydrogen-bond donors (Lipinski definition) is 3. The second-order valence-electron chi connectivity index (χ2n) is 1.98. The first-order valence-corrected chi connectivity index (χ1v) is 3.67. The first-order chi connectivity index (χ1) is 5.16. The van der Waals surface area contributed by atoms with E-state index in [0.717, 1.165) is 11.5 Å². The van der Waals surface area contributed by atoms with Gasteiger partial charge in [-0.25, -0.2) is 5.84 Å². The standard InChI is InChI=1S/C5H8N4OS/c1-2-3(6)4(11-9-2)5(10)8-7/h6-7H2,1H3,(H,8,10). The molecule has 1 rings (SSSR count). The SMILES string of the molecule is Cc1nsc(C(=O)NN)c1N. The van der Waals surface area contributed by atoms with Crippen molar-refractivity contribution in [2.24, 2.45) is 5.84 Å². The number of nitrogens with zero attached hydrogens (tertiary/aromatic N) is 1. The van der Waals surface area contributed by atoms with Crippen molar-refractivity contribution in [3.05, 3.63) is 10.6 Å². The Hall–Kier alpha value is -1.14. The fourth-order valence-corrected chi connectivity index (χ4v) is 1.32. The molecule has 0 fully saturated rings. The molecule has 1 aromatic heterocycles. The quantitative estimate of drug-likeness (QED) is 0.306. The summed E-state index contributed by atoms with van der Waals surface area (Å²) in [5.74, 6) is 4.51. The van der Waals surface area contributed by atoms with Crippen LogP contribution in [0.1, 0.15) is 15.4 Å². The predicted octanol–water partition coefficient (Wildman–Crippen LogP) is -0.363. The largest absolute Gasteiger partial charge is 0.396 e. The summed E-state index contributed by atoms with van der Waals surface area (Å²) in [5, 5.41) is 0. The Kier molecular flexibility index (Phi) is 2.06. The van der Waals surface area contributed by atoms with Crippen molar-refractivity contribution in [2.75, 3.05) is 5.73 Å². The molecule has 0 spiro atoms. The van der Waals surface area contributed by atoms with Crippen molar-refractivity contribution in [2.45, 2.75) is 6.92 Å². The number of carbonyl (C=O) groups is 1. The third kappa shape index (κ3) is 1.31. The Morgan fingerprint density at radius 3 is 2.73 bits per heavy atom. The van der Waals surface area contributed by atoms with Crippen LogP contribution >= 0.6 is 11.5 Å². The van der Waals surface area contributed by atoms with Crippen LogP contribution < -0.4 is 17.0 Å². The number of aryl methyl sites for hydroxylation is 1. The molecule has 1 amide bonds. The van der Waals surface area contributed by atoms with Gasteiger partial charge < -0.3 is 5.73 Å². The molecule has 11 heavy (non-hydrogen) atoms. The van der Waals surface area contributed by atoms with Crippen molar-refractivity contribution in [3.8, 4) is 0 Å². The van der Waals surface area contributed by atoms with Crippen LogP contribution in [0.25, 0.3) is 0 Å². The van der Waals surface area contributed by atoms with Gasteiger partial charge in [0.05, 0.1) is 11.4 Å². The smallest absolute Gasteiger partial charge is 0.279 e. The highest BCUT2D eigenvalue weighted by Crippen LogP contribution is 2.19. The van der Waals surface area contributed by atoms with E-state index in [1.54, 1.807) is 6.92 Å².